The smallest absolute Gasteiger partial charge is 0.297 e. The third-order valence-corrected chi connectivity index (χ3v) is 7.73. The van der Waals surface area contributed by atoms with Gasteiger partial charge in [0.1, 0.15) is 11.4 Å². The third kappa shape index (κ3) is 4.17. The number of benzene rings is 1. The number of hydrogen-bond acceptors (Lipinski definition) is 7. The van der Waals surface area contributed by atoms with Gasteiger partial charge in [-0.15, -0.1) is 0 Å². The quantitative estimate of drug-likeness (QED) is 0.676. The largest absolute Gasteiger partial charge is 0.382 e. The Bertz CT molecular complexity index is 1020. The first kappa shape index (κ1) is 22.4. The van der Waals surface area contributed by atoms with E-state index in [2.05, 4.69) is 4.98 Å². The van der Waals surface area contributed by atoms with Crippen LogP contribution in [0.25, 0.3) is 0 Å². The average Bonchev–Trinajstić information content (AvgIpc) is 3.36. The van der Waals surface area contributed by atoms with E-state index in [9.17, 15) is 13.5 Å². The molecule has 1 N–H and O–H groups in total. The predicted octanol–water partition coefficient (Wildman–Crippen LogP) is 2.74. The number of hydrogen-bond donors (Lipinski definition) is 1. The predicted molar refractivity (Wildman–Crippen MR) is 113 cm³/mol. The molecule has 170 valence electrons. The molecule has 8 nitrogen and oxygen atoms in total. The lowest BCUT2D eigenvalue weighted by molar-refractivity contribution is -0.273. The fourth-order valence-electron chi connectivity index (χ4n) is 4.76. The summed E-state index contributed by atoms with van der Waals surface area (Å²) in [7, 11) is -3.85. The Morgan fingerprint density at radius 2 is 1.84 bits per heavy atom. The second-order valence-corrected chi connectivity index (χ2v) is 10.7. The molecule has 1 aliphatic carbocycles. The molecule has 0 amide bonds. The van der Waals surface area contributed by atoms with Gasteiger partial charge in [-0.05, 0) is 31.9 Å². The molecule has 0 radical (unpaired) electrons. The van der Waals surface area contributed by atoms with Crippen LogP contribution in [-0.2, 0) is 35.9 Å². The lowest BCUT2D eigenvalue weighted by Gasteiger charge is -2.51. The minimum Gasteiger partial charge on any atom is -0.382 e. The summed E-state index contributed by atoms with van der Waals surface area (Å²) in [5.74, 6) is -0.174. The summed E-state index contributed by atoms with van der Waals surface area (Å²) in [5, 5.41) is 11.5. The lowest BCUT2D eigenvalue weighted by atomic mass is 9.65. The van der Waals surface area contributed by atoms with Crippen molar-refractivity contribution in [1.29, 1.82) is 0 Å². The summed E-state index contributed by atoms with van der Waals surface area (Å²) >= 11 is 0. The molecule has 1 saturated heterocycles. The Hall–Kier alpha value is -1.78. The molecule has 31 heavy (non-hydrogen) atoms. The molecule has 1 aliphatic heterocycles. The van der Waals surface area contributed by atoms with Crippen LogP contribution in [0, 0.1) is 12.3 Å². The van der Waals surface area contributed by atoms with E-state index < -0.39 is 26.9 Å². The van der Waals surface area contributed by atoms with E-state index in [1.807, 2.05) is 20.8 Å². The highest BCUT2D eigenvalue weighted by atomic mass is 32.2. The van der Waals surface area contributed by atoms with Crippen molar-refractivity contribution in [3.05, 3.63) is 48.0 Å². The minimum atomic E-state index is -3.85. The highest BCUT2D eigenvalue weighted by Gasteiger charge is 2.58. The highest BCUT2D eigenvalue weighted by Crippen LogP contribution is 2.54. The number of ether oxygens (including phenoxy) is 2. The molecule has 9 heteroatoms. The molecular weight excluding hydrogens is 420 g/mol. The van der Waals surface area contributed by atoms with Crippen LogP contribution in [0.3, 0.4) is 0 Å². The van der Waals surface area contributed by atoms with E-state index in [-0.39, 0.29) is 18.0 Å². The molecule has 2 aromatic rings. The molecule has 1 atom stereocenters. The summed E-state index contributed by atoms with van der Waals surface area (Å²) in [5.41, 5.74) is -0.608. The van der Waals surface area contributed by atoms with Gasteiger partial charge in [-0.3, -0.25) is 4.18 Å². The van der Waals surface area contributed by atoms with Crippen LogP contribution in [0.1, 0.15) is 44.5 Å². The highest BCUT2D eigenvalue weighted by molar-refractivity contribution is 7.86. The second kappa shape index (κ2) is 7.97. The monoisotopic (exact) mass is 450 g/mol. The molecular formula is C22H30N2O6S. The van der Waals surface area contributed by atoms with E-state index >= 15 is 0 Å². The third-order valence-electron chi connectivity index (χ3n) is 6.40. The van der Waals surface area contributed by atoms with Gasteiger partial charge in [-0.25, -0.2) is 4.98 Å². The number of aromatic nitrogens is 2. The molecule has 2 aliphatic rings. The van der Waals surface area contributed by atoms with Crippen molar-refractivity contribution in [2.75, 3.05) is 19.8 Å². The molecule has 1 unspecified atom stereocenters. The molecule has 2 fully saturated rings. The molecule has 0 bridgehead atoms. The van der Waals surface area contributed by atoms with Crippen LogP contribution < -0.4 is 0 Å². The lowest BCUT2D eigenvalue weighted by Crippen LogP contribution is -2.55. The van der Waals surface area contributed by atoms with Crippen molar-refractivity contribution in [2.24, 2.45) is 5.41 Å². The zero-order valence-electron chi connectivity index (χ0n) is 18.2. The van der Waals surface area contributed by atoms with Gasteiger partial charge < -0.3 is 19.1 Å². The maximum Gasteiger partial charge on any atom is 0.297 e. The Balaban J connectivity index is 1.45. The van der Waals surface area contributed by atoms with Crippen molar-refractivity contribution >= 4 is 10.1 Å². The Kier molecular flexibility index (Phi) is 5.76. The summed E-state index contributed by atoms with van der Waals surface area (Å²) in [6, 6.07) is 6.52. The topological polar surface area (TPSA) is 99.9 Å². The fourth-order valence-corrected chi connectivity index (χ4v) is 5.66. The van der Waals surface area contributed by atoms with Gasteiger partial charge in [-0.1, -0.05) is 31.5 Å². The van der Waals surface area contributed by atoms with Crippen LogP contribution in [0.15, 0.2) is 41.6 Å². The van der Waals surface area contributed by atoms with Gasteiger partial charge in [0, 0.05) is 30.8 Å². The standard InChI is InChI=1S/C22H30N2O6S/c1-17-4-6-18(7-5-17)31(26,27)30-13-12-24-11-10-23-19(24)21(25)8-9-22(20(2,3)16-21)28-14-15-29-22/h4-7,10-11,25H,8-9,12-16H2,1-3H3. The minimum absolute atomic E-state index is 0.0603. The number of imidazole rings is 1. The van der Waals surface area contributed by atoms with E-state index in [0.717, 1.165) is 5.56 Å². The van der Waals surface area contributed by atoms with Crippen molar-refractivity contribution < 1.29 is 27.2 Å². The normalized spacial score (nSPS) is 25.2. The van der Waals surface area contributed by atoms with Crippen molar-refractivity contribution in [3.63, 3.8) is 0 Å². The summed E-state index contributed by atoms with van der Waals surface area (Å²) in [6.07, 6.45) is 4.76. The summed E-state index contributed by atoms with van der Waals surface area (Å²) in [4.78, 5) is 4.53. The maximum atomic E-state index is 12.4. The SMILES string of the molecule is Cc1ccc(S(=O)(=O)OCCn2ccnc2C2(O)CCC3(OCCO3)C(C)(C)C2)cc1. The molecule has 1 spiro atoms. The van der Waals surface area contributed by atoms with Gasteiger partial charge in [0.25, 0.3) is 10.1 Å². The number of aliphatic hydroxyl groups is 1. The summed E-state index contributed by atoms with van der Waals surface area (Å²) in [6.45, 7) is 7.27. The zero-order chi connectivity index (χ0) is 22.3. The Labute approximate surface area is 183 Å². The van der Waals surface area contributed by atoms with E-state index in [1.54, 1.807) is 29.1 Å². The van der Waals surface area contributed by atoms with Gasteiger partial charge >= 0.3 is 0 Å². The van der Waals surface area contributed by atoms with Gasteiger partial charge in [-0.2, -0.15) is 8.42 Å². The first-order valence-corrected chi connectivity index (χ1v) is 12.0. The zero-order valence-corrected chi connectivity index (χ0v) is 19.0. The Morgan fingerprint density at radius 3 is 2.48 bits per heavy atom. The maximum absolute atomic E-state index is 12.4. The van der Waals surface area contributed by atoms with Gasteiger partial charge in [0.2, 0.25) is 0 Å². The second-order valence-electron chi connectivity index (χ2n) is 9.08. The van der Waals surface area contributed by atoms with E-state index in [1.165, 1.54) is 12.1 Å². The molecule has 1 aromatic heterocycles. The first-order chi connectivity index (χ1) is 14.6. The number of aryl methyl sites for hydroxylation is 1. The Morgan fingerprint density at radius 1 is 1.16 bits per heavy atom. The van der Waals surface area contributed by atoms with Crippen LogP contribution >= 0.6 is 0 Å². The molecule has 4 rings (SSSR count). The molecule has 1 aromatic carbocycles. The van der Waals surface area contributed by atoms with Gasteiger partial charge in [0.15, 0.2) is 5.79 Å². The van der Waals surface area contributed by atoms with Crippen molar-refractivity contribution in [2.45, 2.75) is 62.9 Å². The summed E-state index contributed by atoms with van der Waals surface area (Å²) < 4.78 is 43.7. The van der Waals surface area contributed by atoms with Crippen LogP contribution in [0.2, 0.25) is 0 Å². The van der Waals surface area contributed by atoms with Crippen molar-refractivity contribution in [3.8, 4) is 0 Å². The van der Waals surface area contributed by atoms with Crippen LogP contribution in [0.4, 0.5) is 0 Å². The van der Waals surface area contributed by atoms with E-state index in [0.29, 0.717) is 38.3 Å². The van der Waals surface area contributed by atoms with Crippen LogP contribution in [0.5, 0.6) is 0 Å². The van der Waals surface area contributed by atoms with Crippen LogP contribution in [-0.4, -0.2) is 48.7 Å². The first-order valence-electron chi connectivity index (χ1n) is 10.6. The molecule has 1 saturated carbocycles. The fraction of sp³-hybridized carbons (Fsp3) is 0.591. The van der Waals surface area contributed by atoms with Gasteiger partial charge in [0.05, 0.1) is 24.7 Å². The molecule has 2 heterocycles. The van der Waals surface area contributed by atoms with Crippen molar-refractivity contribution in [1.82, 2.24) is 9.55 Å². The van der Waals surface area contributed by atoms with E-state index in [4.69, 9.17) is 13.7 Å². The average molecular weight is 451 g/mol. The number of nitrogens with zero attached hydrogens (tertiary/aromatic N) is 2. The number of rotatable bonds is 6.